The van der Waals surface area contributed by atoms with Crippen molar-refractivity contribution in [1.29, 1.82) is 0 Å². The van der Waals surface area contributed by atoms with Gasteiger partial charge >= 0.3 is 5.69 Å². The molecule has 0 spiro atoms. The average Bonchev–Trinajstić information content (AvgIpc) is 2.77. The van der Waals surface area contributed by atoms with Crippen molar-refractivity contribution in [3.8, 4) is 0 Å². The summed E-state index contributed by atoms with van der Waals surface area (Å²) in [4.78, 5) is 12.4. The highest BCUT2D eigenvalue weighted by atomic mass is 79.9. The molecule has 0 atom stereocenters. The minimum atomic E-state index is 0.112. The van der Waals surface area contributed by atoms with Crippen molar-refractivity contribution in [3.05, 3.63) is 16.3 Å². The van der Waals surface area contributed by atoms with Crippen LogP contribution in [0.25, 0.3) is 0 Å². The molecule has 1 aliphatic heterocycles. The van der Waals surface area contributed by atoms with Crippen LogP contribution in [0, 0.1) is 5.41 Å². The molecule has 2 aliphatic rings. The monoisotopic (exact) mass is 327 g/mol. The molecule has 1 aliphatic carbocycles. The number of halogens is 1. The van der Waals surface area contributed by atoms with Gasteiger partial charge in [-0.25, -0.2) is 9.48 Å². The van der Waals surface area contributed by atoms with Gasteiger partial charge in [0.15, 0.2) is 0 Å². The van der Waals surface area contributed by atoms with E-state index in [4.69, 9.17) is 0 Å². The second-order valence-corrected chi connectivity index (χ2v) is 6.72. The van der Waals surface area contributed by atoms with Gasteiger partial charge in [-0.2, -0.15) is 5.10 Å². The summed E-state index contributed by atoms with van der Waals surface area (Å²) in [6.07, 6.45) is 9.58. The minimum Gasteiger partial charge on any atom is -0.279 e. The van der Waals surface area contributed by atoms with Gasteiger partial charge in [-0.05, 0) is 31.1 Å². The molecule has 1 aromatic heterocycles. The molecule has 106 valence electrons. The Morgan fingerprint density at radius 2 is 1.95 bits per heavy atom. The van der Waals surface area contributed by atoms with Gasteiger partial charge in [-0.3, -0.25) is 4.57 Å². The van der Waals surface area contributed by atoms with E-state index >= 15 is 0 Å². The SMILES string of the molecule is O=c1n(CC2(CBr)CCCCC2)nc2n1CCCC2. The molecule has 0 aromatic carbocycles. The molecule has 2 heterocycles. The van der Waals surface area contributed by atoms with E-state index in [0.717, 1.165) is 37.1 Å². The van der Waals surface area contributed by atoms with Crippen LogP contribution in [0.3, 0.4) is 0 Å². The van der Waals surface area contributed by atoms with E-state index in [0.29, 0.717) is 0 Å². The lowest BCUT2D eigenvalue weighted by Crippen LogP contribution is -2.36. The first kappa shape index (κ1) is 13.4. The van der Waals surface area contributed by atoms with Gasteiger partial charge in [0, 0.05) is 18.3 Å². The number of aromatic nitrogens is 3. The maximum atomic E-state index is 12.4. The Morgan fingerprint density at radius 1 is 1.16 bits per heavy atom. The number of aryl methyl sites for hydroxylation is 1. The van der Waals surface area contributed by atoms with Crippen LogP contribution in [-0.2, 0) is 19.5 Å². The second kappa shape index (κ2) is 5.43. The lowest BCUT2D eigenvalue weighted by molar-refractivity contribution is 0.180. The van der Waals surface area contributed by atoms with Crippen LogP contribution in [0.1, 0.15) is 50.8 Å². The van der Waals surface area contributed by atoms with E-state index in [2.05, 4.69) is 21.0 Å². The third kappa shape index (κ3) is 2.54. The fourth-order valence-electron chi connectivity index (χ4n) is 3.50. The van der Waals surface area contributed by atoms with Gasteiger partial charge < -0.3 is 0 Å². The first-order valence-corrected chi connectivity index (χ1v) is 8.59. The van der Waals surface area contributed by atoms with Crippen LogP contribution in [0.15, 0.2) is 4.79 Å². The van der Waals surface area contributed by atoms with Gasteiger partial charge in [-0.1, -0.05) is 35.2 Å². The third-order valence-corrected chi connectivity index (χ3v) is 5.90. The Hall–Kier alpha value is -0.580. The summed E-state index contributed by atoms with van der Waals surface area (Å²) in [5.74, 6) is 0.997. The minimum absolute atomic E-state index is 0.112. The number of nitrogens with zero attached hydrogens (tertiary/aromatic N) is 3. The van der Waals surface area contributed by atoms with Crippen LogP contribution >= 0.6 is 15.9 Å². The standard InChI is InChI=1S/C14H22BrN3O/c15-10-14(7-3-1-4-8-14)11-18-13(19)17-9-5-2-6-12(17)16-18/h1-11H2. The van der Waals surface area contributed by atoms with Crippen molar-refractivity contribution in [1.82, 2.24) is 14.3 Å². The molecule has 3 rings (SSSR count). The Balaban J connectivity index is 1.86. The van der Waals surface area contributed by atoms with Crippen molar-refractivity contribution in [2.24, 2.45) is 5.41 Å². The molecule has 0 bridgehead atoms. The molecule has 1 aromatic rings. The van der Waals surface area contributed by atoms with Crippen LogP contribution in [-0.4, -0.2) is 19.7 Å². The van der Waals surface area contributed by atoms with Gasteiger partial charge in [0.2, 0.25) is 0 Å². The van der Waals surface area contributed by atoms with Gasteiger partial charge in [0.25, 0.3) is 0 Å². The van der Waals surface area contributed by atoms with E-state index in [-0.39, 0.29) is 11.1 Å². The quantitative estimate of drug-likeness (QED) is 0.801. The van der Waals surface area contributed by atoms with E-state index in [1.54, 1.807) is 4.68 Å². The summed E-state index contributed by atoms with van der Waals surface area (Å²) in [5, 5.41) is 5.56. The maximum absolute atomic E-state index is 12.4. The lowest BCUT2D eigenvalue weighted by Gasteiger charge is -2.35. The lowest BCUT2D eigenvalue weighted by atomic mass is 9.76. The molecule has 0 radical (unpaired) electrons. The van der Waals surface area contributed by atoms with Crippen LogP contribution in [0.2, 0.25) is 0 Å². The van der Waals surface area contributed by atoms with Gasteiger partial charge in [-0.15, -0.1) is 0 Å². The fraction of sp³-hybridized carbons (Fsp3) is 0.857. The molecule has 1 saturated carbocycles. The van der Waals surface area contributed by atoms with Crippen molar-refractivity contribution >= 4 is 15.9 Å². The van der Waals surface area contributed by atoms with Gasteiger partial charge in [0.1, 0.15) is 5.82 Å². The first-order chi connectivity index (χ1) is 9.24. The topological polar surface area (TPSA) is 39.8 Å². The van der Waals surface area contributed by atoms with Crippen LogP contribution in [0.4, 0.5) is 0 Å². The Labute approximate surface area is 122 Å². The highest BCUT2D eigenvalue weighted by molar-refractivity contribution is 9.09. The van der Waals surface area contributed by atoms with E-state index in [1.165, 1.54) is 38.5 Å². The largest absolute Gasteiger partial charge is 0.345 e. The van der Waals surface area contributed by atoms with Crippen LogP contribution in [0.5, 0.6) is 0 Å². The molecule has 0 unspecified atom stereocenters. The summed E-state index contributed by atoms with van der Waals surface area (Å²) < 4.78 is 3.63. The number of fused-ring (bicyclic) bond motifs is 1. The Morgan fingerprint density at radius 3 is 2.63 bits per heavy atom. The second-order valence-electron chi connectivity index (χ2n) is 6.16. The zero-order valence-electron chi connectivity index (χ0n) is 11.4. The maximum Gasteiger partial charge on any atom is 0.345 e. The van der Waals surface area contributed by atoms with Crippen molar-refractivity contribution < 1.29 is 0 Å². The first-order valence-electron chi connectivity index (χ1n) is 7.47. The average molecular weight is 328 g/mol. The molecule has 0 saturated heterocycles. The fourth-order valence-corrected chi connectivity index (χ4v) is 4.24. The van der Waals surface area contributed by atoms with Crippen molar-refractivity contribution in [2.75, 3.05) is 5.33 Å². The summed E-state index contributed by atoms with van der Waals surface area (Å²) in [6.45, 7) is 1.65. The van der Waals surface area contributed by atoms with Crippen molar-refractivity contribution in [3.63, 3.8) is 0 Å². The molecule has 1 fully saturated rings. The predicted molar refractivity (Wildman–Crippen MR) is 78.7 cm³/mol. The highest BCUT2D eigenvalue weighted by Crippen LogP contribution is 2.38. The smallest absolute Gasteiger partial charge is 0.279 e. The zero-order valence-corrected chi connectivity index (χ0v) is 13.0. The molecule has 19 heavy (non-hydrogen) atoms. The van der Waals surface area contributed by atoms with Crippen molar-refractivity contribution in [2.45, 2.75) is 64.5 Å². The summed E-state index contributed by atoms with van der Waals surface area (Å²) >= 11 is 3.67. The van der Waals surface area contributed by atoms with E-state index in [1.807, 2.05) is 4.57 Å². The van der Waals surface area contributed by atoms with E-state index in [9.17, 15) is 4.79 Å². The summed E-state index contributed by atoms with van der Waals surface area (Å²) in [7, 11) is 0. The van der Waals surface area contributed by atoms with Crippen LogP contribution < -0.4 is 5.69 Å². The highest BCUT2D eigenvalue weighted by Gasteiger charge is 2.33. The number of rotatable bonds is 3. The molecule has 4 nitrogen and oxygen atoms in total. The zero-order chi connectivity index (χ0) is 13.3. The Bertz CT molecular complexity index is 499. The van der Waals surface area contributed by atoms with Gasteiger partial charge in [0.05, 0.1) is 6.54 Å². The summed E-state index contributed by atoms with van der Waals surface area (Å²) in [6, 6.07) is 0. The number of hydrogen-bond acceptors (Lipinski definition) is 2. The molecule has 0 N–H and O–H groups in total. The number of alkyl halides is 1. The normalized spacial score (nSPS) is 22.2. The number of hydrogen-bond donors (Lipinski definition) is 0. The molecule has 0 amide bonds. The Kier molecular flexibility index (Phi) is 3.83. The molecular weight excluding hydrogens is 306 g/mol. The molecular formula is C14H22BrN3O. The predicted octanol–water partition coefficient (Wildman–Crippen LogP) is 2.73. The summed E-state index contributed by atoms with van der Waals surface area (Å²) in [5.41, 5.74) is 0.354. The molecule has 5 heteroatoms. The third-order valence-electron chi connectivity index (χ3n) is 4.71. The van der Waals surface area contributed by atoms with E-state index < -0.39 is 0 Å².